The van der Waals surface area contributed by atoms with E-state index in [1.807, 2.05) is 24.3 Å². The lowest BCUT2D eigenvalue weighted by molar-refractivity contribution is 0.849. The van der Waals surface area contributed by atoms with Gasteiger partial charge in [0, 0.05) is 22.4 Å². The third kappa shape index (κ3) is 3.33. The summed E-state index contributed by atoms with van der Waals surface area (Å²) in [5, 5.41) is 9.72. The van der Waals surface area contributed by atoms with E-state index in [1.165, 1.54) is 33.8 Å². The van der Waals surface area contributed by atoms with Crippen molar-refractivity contribution in [1.82, 2.24) is 24.3 Å². The molecule has 0 radical (unpaired) electrons. The fourth-order valence-corrected chi connectivity index (χ4v) is 5.36. The number of hydrogen-bond acceptors (Lipinski definition) is 7. The highest BCUT2D eigenvalue weighted by Gasteiger charge is 2.16. The fourth-order valence-electron chi connectivity index (χ4n) is 3.07. The maximum atomic E-state index is 12.6. The van der Waals surface area contributed by atoms with Gasteiger partial charge in [-0.15, -0.1) is 10.2 Å². The van der Waals surface area contributed by atoms with Crippen LogP contribution in [0, 0.1) is 0 Å². The van der Waals surface area contributed by atoms with Gasteiger partial charge in [0.15, 0.2) is 10.8 Å². The Kier molecular flexibility index (Phi) is 4.90. The molecule has 5 rings (SSSR count). The Morgan fingerprint density at radius 3 is 2.77 bits per heavy atom. The topological polar surface area (TPSA) is 91.1 Å². The lowest BCUT2D eigenvalue weighted by atomic mass is 10.2. The van der Waals surface area contributed by atoms with Crippen molar-refractivity contribution in [2.45, 2.75) is 10.9 Å². The van der Waals surface area contributed by atoms with Crippen molar-refractivity contribution >= 4 is 61.5 Å². The van der Waals surface area contributed by atoms with Gasteiger partial charge in [-0.3, -0.25) is 9.20 Å². The van der Waals surface area contributed by atoms with E-state index in [2.05, 4.69) is 15.2 Å². The number of hydrogen-bond donors (Lipinski definition) is 1. The lowest BCUT2D eigenvalue weighted by Gasteiger charge is -2.05. The molecule has 0 fully saturated rings. The van der Waals surface area contributed by atoms with Crippen molar-refractivity contribution in [2.24, 2.45) is 0 Å². The molecule has 0 spiro atoms. The smallest absolute Gasteiger partial charge is 0.259 e. The normalized spacial score (nSPS) is 11.5. The van der Waals surface area contributed by atoms with E-state index in [-0.39, 0.29) is 5.56 Å². The van der Waals surface area contributed by atoms with Crippen molar-refractivity contribution < 1.29 is 0 Å². The molecule has 3 aromatic heterocycles. The molecule has 0 aliphatic carbocycles. The van der Waals surface area contributed by atoms with E-state index in [0.717, 1.165) is 10.2 Å². The molecular weight excluding hydrogens is 463 g/mol. The van der Waals surface area contributed by atoms with E-state index in [4.69, 9.17) is 29.0 Å². The highest BCUT2D eigenvalue weighted by Crippen LogP contribution is 2.31. The van der Waals surface area contributed by atoms with Gasteiger partial charge in [0.05, 0.1) is 20.9 Å². The van der Waals surface area contributed by atoms with Gasteiger partial charge < -0.3 is 5.84 Å². The molecule has 7 nitrogen and oxygen atoms in total. The van der Waals surface area contributed by atoms with Gasteiger partial charge >= 0.3 is 0 Å². The van der Waals surface area contributed by atoms with Crippen molar-refractivity contribution in [3.63, 3.8) is 0 Å². The molecule has 3 heterocycles. The molecule has 150 valence electrons. The first-order valence-electron chi connectivity index (χ1n) is 8.70. The standard InChI is InChI=1S/C19H12Cl2N6OS2/c20-10-5-6-12(13(21)7-10)17-24-25-19(27(17)22)29-9-11-8-16(28)26-14-3-1-2-4-15(14)30-18(26)23-11/h1-8H,9,22H2. The zero-order valence-corrected chi connectivity index (χ0v) is 18.3. The van der Waals surface area contributed by atoms with Crippen molar-refractivity contribution in [3.05, 3.63) is 74.6 Å². The number of para-hydroxylation sites is 1. The average Bonchev–Trinajstić information content (AvgIpc) is 3.27. The molecular formula is C19H12Cl2N6OS2. The summed E-state index contributed by atoms with van der Waals surface area (Å²) in [5.74, 6) is 7.02. The molecule has 0 amide bonds. The molecule has 0 unspecified atom stereocenters. The van der Waals surface area contributed by atoms with Gasteiger partial charge in [-0.2, -0.15) is 0 Å². The zero-order valence-electron chi connectivity index (χ0n) is 15.1. The second kappa shape index (κ2) is 7.59. The number of nitrogens with zero attached hydrogens (tertiary/aromatic N) is 5. The van der Waals surface area contributed by atoms with Crippen LogP contribution < -0.4 is 11.4 Å². The van der Waals surface area contributed by atoms with E-state index >= 15 is 0 Å². The van der Waals surface area contributed by atoms with Crippen molar-refractivity contribution in [3.8, 4) is 11.4 Å². The van der Waals surface area contributed by atoms with Crippen LogP contribution >= 0.6 is 46.3 Å². The third-order valence-electron chi connectivity index (χ3n) is 4.43. The number of thioether (sulfide) groups is 1. The number of rotatable bonds is 4. The highest BCUT2D eigenvalue weighted by molar-refractivity contribution is 7.98. The van der Waals surface area contributed by atoms with Crippen LogP contribution in [0.1, 0.15) is 5.69 Å². The Morgan fingerprint density at radius 1 is 1.10 bits per heavy atom. The second-order valence-electron chi connectivity index (χ2n) is 6.36. The monoisotopic (exact) mass is 474 g/mol. The Labute approximate surface area is 188 Å². The first-order valence-corrected chi connectivity index (χ1v) is 11.3. The number of nitrogen functional groups attached to an aromatic ring is 1. The maximum absolute atomic E-state index is 12.6. The van der Waals surface area contributed by atoms with Gasteiger partial charge in [-0.25, -0.2) is 9.66 Å². The quantitative estimate of drug-likeness (QED) is 0.305. The van der Waals surface area contributed by atoms with Crippen molar-refractivity contribution in [2.75, 3.05) is 5.84 Å². The SMILES string of the molecule is Nn1c(SCc2cc(=O)n3c(n2)sc2ccccc23)nnc1-c1ccc(Cl)cc1Cl. The molecule has 0 aliphatic rings. The summed E-state index contributed by atoms with van der Waals surface area (Å²) in [6, 6.07) is 14.3. The van der Waals surface area contributed by atoms with Crippen LogP contribution in [0.15, 0.2) is 58.5 Å². The molecule has 0 atom stereocenters. The first-order chi connectivity index (χ1) is 14.5. The number of nitrogens with two attached hydrogens (primary N) is 1. The third-order valence-corrected chi connectivity index (χ3v) is 6.98. The Hall–Kier alpha value is -2.59. The number of halogens is 2. The van der Waals surface area contributed by atoms with Gasteiger partial charge in [0.2, 0.25) is 5.16 Å². The van der Waals surface area contributed by atoms with Gasteiger partial charge in [0.1, 0.15) is 0 Å². The molecule has 0 aliphatic heterocycles. The molecule has 0 saturated heterocycles. The van der Waals surface area contributed by atoms with Crippen LogP contribution in [0.3, 0.4) is 0 Å². The fraction of sp³-hybridized carbons (Fsp3) is 0.0526. The number of fused-ring (bicyclic) bond motifs is 3. The largest absolute Gasteiger partial charge is 0.335 e. The van der Waals surface area contributed by atoms with Crippen molar-refractivity contribution in [1.29, 1.82) is 0 Å². The average molecular weight is 475 g/mol. The molecule has 11 heteroatoms. The second-order valence-corrected chi connectivity index (χ2v) is 9.16. The van der Waals surface area contributed by atoms with Crippen LogP contribution in [0.2, 0.25) is 10.0 Å². The molecule has 2 N–H and O–H groups in total. The van der Waals surface area contributed by atoms with Gasteiger partial charge in [-0.1, -0.05) is 58.4 Å². The summed E-state index contributed by atoms with van der Waals surface area (Å²) in [6.45, 7) is 0. The van der Waals surface area contributed by atoms with Gasteiger partial charge in [-0.05, 0) is 30.3 Å². The summed E-state index contributed by atoms with van der Waals surface area (Å²) in [4.78, 5) is 17.9. The van der Waals surface area contributed by atoms with Crippen LogP contribution in [-0.4, -0.2) is 24.3 Å². The summed E-state index contributed by atoms with van der Waals surface area (Å²) in [5.41, 5.74) is 2.02. The predicted octanol–water partition coefficient (Wildman–Crippen LogP) is 4.48. The minimum Gasteiger partial charge on any atom is -0.335 e. The van der Waals surface area contributed by atoms with E-state index in [9.17, 15) is 4.79 Å². The molecule has 30 heavy (non-hydrogen) atoms. The van der Waals surface area contributed by atoms with Gasteiger partial charge in [0.25, 0.3) is 5.56 Å². The summed E-state index contributed by atoms with van der Waals surface area (Å²) < 4.78 is 4.00. The van der Waals surface area contributed by atoms with E-state index in [1.54, 1.807) is 22.6 Å². The Balaban J connectivity index is 1.44. The molecule has 0 bridgehead atoms. The molecule has 0 saturated carbocycles. The minimum absolute atomic E-state index is 0.115. The maximum Gasteiger partial charge on any atom is 0.259 e. The first kappa shape index (κ1) is 19.4. The summed E-state index contributed by atoms with van der Waals surface area (Å²) in [6.07, 6.45) is 0. The van der Waals surface area contributed by atoms with Crippen LogP contribution in [0.5, 0.6) is 0 Å². The predicted molar refractivity (Wildman–Crippen MR) is 122 cm³/mol. The van der Waals surface area contributed by atoms with E-state index < -0.39 is 0 Å². The molecule has 5 aromatic rings. The Morgan fingerprint density at radius 2 is 1.93 bits per heavy atom. The summed E-state index contributed by atoms with van der Waals surface area (Å²) >= 11 is 15.0. The molecule has 2 aromatic carbocycles. The van der Waals surface area contributed by atoms with Crippen LogP contribution in [0.25, 0.3) is 26.6 Å². The van der Waals surface area contributed by atoms with Crippen LogP contribution in [-0.2, 0) is 5.75 Å². The minimum atomic E-state index is -0.115. The Bertz CT molecular complexity index is 1480. The highest BCUT2D eigenvalue weighted by atomic mass is 35.5. The number of thiazole rings is 1. The van der Waals surface area contributed by atoms with Crippen LogP contribution in [0.4, 0.5) is 0 Å². The summed E-state index contributed by atoms with van der Waals surface area (Å²) in [7, 11) is 0. The number of benzene rings is 2. The lowest BCUT2D eigenvalue weighted by Crippen LogP contribution is -2.14. The van der Waals surface area contributed by atoms with E-state index in [0.29, 0.717) is 43.0 Å². The zero-order chi connectivity index (χ0) is 20.8. The number of aromatic nitrogens is 5.